The van der Waals surface area contributed by atoms with Crippen molar-refractivity contribution in [3.8, 4) is 28.5 Å². The highest BCUT2D eigenvalue weighted by Gasteiger charge is 2.26. The van der Waals surface area contributed by atoms with Gasteiger partial charge in [0.2, 0.25) is 11.6 Å². The van der Waals surface area contributed by atoms with Crippen LogP contribution in [0.1, 0.15) is 20.7 Å². The molecule has 10 nitrogen and oxygen atoms in total. The molecule has 0 bridgehead atoms. The van der Waals surface area contributed by atoms with Crippen molar-refractivity contribution in [1.82, 2.24) is 10.1 Å². The second-order valence-electron chi connectivity index (χ2n) is 5.64. The van der Waals surface area contributed by atoms with Gasteiger partial charge < -0.3 is 23.8 Å². The summed E-state index contributed by atoms with van der Waals surface area (Å²) in [6.45, 7) is 0. The summed E-state index contributed by atoms with van der Waals surface area (Å²) in [5, 5.41) is 15.8. The number of ether oxygens (including phenoxy) is 3. The summed E-state index contributed by atoms with van der Waals surface area (Å²) >= 11 is 0. The van der Waals surface area contributed by atoms with E-state index >= 15 is 0 Å². The molecule has 0 saturated carbocycles. The predicted molar refractivity (Wildman–Crippen MR) is 101 cm³/mol. The first kappa shape index (κ1) is 19.7. The first-order valence-electron chi connectivity index (χ1n) is 8.24. The number of nitrogens with one attached hydrogen (secondary N) is 1. The van der Waals surface area contributed by atoms with E-state index in [4.69, 9.17) is 18.7 Å². The Kier molecular flexibility index (Phi) is 5.63. The molecule has 10 heteroatoms. The van der Waals surface area contributed by atoms with Crippen molar-refractivity contribution in [2.24, 2.45) is 0 Å². The maximum atomic E-state index is 12.7. The Morgan fingerprint density at radius 2 is 1.66 bits per heavy atom. The zero-order valence-corrected chi connectivity index (χ0v) is 15.8. The van der Waals surface area contributed by atoms with Crippen molar-refractivity contribution < 1.29 is 33.4 Å². The maximum absolute atomic E-state index is 12.7. The number of pyridine rings is 1. The largest absolute Gasteiger partial charge is 0.493 e. The number of rotatable bonds is 7. The molecule has 0 aliphatic carbocycles. The highest BCUT2D eigenvalue weighted by atomic mass is 16.5. The number of amides is 1. The molecular formula is C19H17N3O7. The zero-order valence-electron chi connectivity index (χ0n) is 15.8. The minimum absolute atomic E-state index is 0.0695. The average Bonchev–Trinajstić information content (AvgIpc) is 3.16. The highest BCUT2D eigenvalue weighted by molar-refractivity contribution is 6.08. The van der Waals surface area contributed by atoms with Crippen LogP contribution in [0.5, 0.6) is 17.2 Å². The van der Waals surface area contributed by atoms with E-state index in [0.29, 0.717) is 11.3 Å². The minimum Gasteiger partial charge on any atom is -0.493 e. The van der Waals surface area contributed by atoms with Crippen molar-refractivity contribution in [3.05, 3.63) is 47.8 Å². The minimum atomic E-state index is -1.31. The van der Waals surface area contributed by atoms with Gasteiger partial charge in [-0.3, -0.25) is 15.1 Å². The van der Waals surface area contributed by atoms with Gasteiger partial charge in [-0.1, -0.05) is 5.16 Å². The molecule has 2 N–H and O–H groups in total. The summed E-state index contributed by atoms with van der Waals surface area (Å²) in [4.78, 5) is 28.4. The van der Waals surface area contributed by atoms with Gasteiger partial charge in [0.15, 0.2) is 17.1 Å². The van der Waals surface area contributed by atoms with Crippen LogP contribution in [0.2, 0.25) is 0 Å². The standard InChI is InChI=1S/C19H17N3O7/c1-26-12-8-11(9-13(27-2)16(12)28-3)17(23)21-18-14(19(24)25)15(22-29-18)10-4-6-20-7-5-10/h4-9H,1-3H3,(H,21,23)(H,24,25). The fourth-order valence-electron chi connectivity index (χ4n) is 2.67. The SMILES string of the molecule is COc1cc(C(=O)Nc2onc(-c3ccncc3)c2C(=O)O)cc(OC)c1OC. The van der Waals surface area contributed by atoms with E-state index < -0.39 is 11.9 Å². The lowest BCUT2D eigenvalue weighted by atomic mass is 10.1. The predicted octanol–water partition coefficient (Wildman–Crippen LogP) is 2.71. The van der Waals surface area contributed by atoms with Gasteiger partial charge in [-0.25, -0.2) is 4.79 Å². The molecule has 0 aliphatic heterocycles. The summed E-state index contributed by atoms with van der Waals surface area (Å²) in [6, 6.07) is 6.01. The number of carbonyl (C=O) groups excluding carboxylic acids is 1. The molecule has 2 aromatic heterocycles. The Morgan fingerprint density at radius 1 is 1.03 bits per heavy atom. The number of anilines is 1. The fraction of sp³-hybridized carbons (Fsp3) is 0.158. The Hall–Kier alpha value is -4.08. The van der Waals surface area contributed by atoms with Crippen LogP contribution >= 0.6 is 0 Å². The lowest BCUT2D eigenvalue weighted by Crippen LogP contribution is -2.14. The molecule has 0 atom stereocenters. The third-order valence-corrected chi connectivity index (χ3v) is 4.01. The van der Waals surface area contributed by atoms with Gasteiger partial charge in [0.05, 0.1) is 21.3 Å². The molecule has 1 amide bonds. The van der Waals surface area contributed by atoms with Crippen LogP contribution in [0.15, 0.2) is 41.2 Å². The molecule has 0 radical (unpaired) electrons. The van der Waals surface area contributed by atoms with E-state index in [1.165, 1.54) is 45.9 Å². The lowest BCUT2D eigenvalue weighted by Gasteiger charge is -2.13. The van der Waals surface area contributed by atoms with Crippen LogP contribution in [0.25, 0.3) is 11.3 Å². The number of hydrogen-bond acceptors (Lipinski definition) is 8. The molecule has 2 heterocycles. The van der Waals surface area contributed by atoms with Gasteiger partial charge in [0.1, 0.15) is 5.69 Å². The monoisotopic (exact) mass is 399 g/mol. The molecule has 3 rings (SSSR count). The molecule has 0 saturated heterocycles. The van der Waals surface area contributed by atoms with Gasteiger partial charge in [0, 0.05) is 23.5 Å². The summed E-state index contributed by atoms with van der Waals surface area (Å²) in [5.74, 6) is -1.40. The Bertz CT molecular complexity index is 1020. The molecule has 3 aromatic rings. The van der Waals surface area contributed by atoms with E-state index in [1.54, 1.807) is 12.1 Å². The third kappa shape index (κ3) is 3.81. The number of carboxylic acids is 1. The van der Waals surface area contributed by atoms with E-state index in [2.05, 4.69) is 15.5 Å². The van der Waals surface area contributed by atoms with E-state index in [9.17, 15) is 14.7 Å². The van der Waals surface area contributed by atoms with Crippen LogP contribution in [-0.4, -0.2) is 48.5 Å². The molecule has 0 unspecified atom stereocenters. The Labute approximate surface area is 165 Å². The number of aromatic nitrogens is 2. The van der Waals surface area contributed by atoms with E-state index in [0.717, 1.165) is 0 Å². The number of benzene rings is 1. The Morgan fingerprint density at radius 3 is 2.17 bits per heavy atom. The molecule has 0 fully saturated rings. The van der Waals surface area contributed by atoms with Crippen molar-refractivity contribution in [2.75, 3.05) is 26.6 Å². The molecule has 0 aliphatic rings. The Balaban J connectivity index is 1.98. The van der Waals surface area contributed by atoms with Crippen LogP contribution in [0, 0.1) is 0 Å². The zero-order chi connectivity index (χ0) is 21.0. The number of hydrogen-bond donors (Lipinski definition) is 2. The molecule has 150 valence electrons. The molecular weight excluding hydrogens is 382 g/mol. The number of nitrogens with zero attached hydrogens (tertiary/aromatic N) is 2. The van der Waals surface area contributed by atoms with Gasteiger partial charge >= 0.3 is 5.97 Å². The van der Waals surface area contributed by atoms with Gasteiger partial charge in [-0.15, -0.1) is 0 Å². The smallest absolute Gasteiger partial charge is 0.343 e. The molecule has 0 spiro atoms. The molecule has 29 heavy (non-hydrogen) atoms. The fourth-order valence-corrected chi connectivity index (χ4v) is 2.67. The quantitative estimate of drug-likeness (QED) is 0.615. The van der Waals surface area contributed by atoms with E-state index in [1.807, 2.05) is 0 Å². The van der Waals surface area contributed by atoms with Crippen molar-refractivity contribution >= 4 is 17.8 Å². The average molecular weight is 399 g/mol. The van der Waals surface area contributed by atoms with Crippen molar-refractivity contribution in [3.63, 3.8) is 0 Å². The topological polar surface area (TPSA) is 133 Å². The van der Waals surface area contributed by atoms with Crippen LogP contribution in [0.3, 0.4) is 0 Å². The third-order valence-electron chi connectivity index (χ3n) is 4.01. The van der Waals surface area contributed by atoms with Crippen LogP contribution < -0.4 is 19.5 Å². The van der Waals surface area contributed by atoms with Crippen LogP contribution in [0.4, 0.5) is 5.88 Å². The van der Waals surface area contributed by atoms with Gasteiger partial charge in [-0.2, -0.15) is 0 Å². The number of carboxylic acid groups (broad SMARTS) is 1. The first-order valence-corrected chi connectivity index (χ1v) is 8.24. The maximum Gasteiger partial charge on any atom is 0.343 e. The van der Waals surface area contributed by atoms with Crippen LogP contribution in [-0.2, 0) is 0 Å². The second kappa shape index (κ2) is 8.30. The lowest BCUT2D eigenvalue weighted by molar-refractivity contribution is 0.0698. The summed E-state index contributed by atoms with van der Waals surface area (Å²) in [7, 11) is 4.27. The summed E-state index contributed by atoms with van der Waals surface area (Å²) in [6.07, 6.45) is 2.98. The number of carbonyl (C=O) groups is 2. The second-order valence-corrected chi connectivity index (χ2v) is 5.64. The normalized spacial score (nSPS) is 10.3. The number of aromatic carboxylic acids is 1. The molecule has 1 aromatic carbocycles. The van der Waals surface area contributed by atoms with Gasteiger partial charge in [0.25, 0.3) is 5.91 Å². The van der Waals surface area contributed by atoms with Crippen molar-refractivity contribution in [2.45, 2.75) is 0 Å². The van der Waals surface area contributed by atoms with Gasteiger partial charge in [-0.05, 0) is 24.3 Å². The van der Waals surface area contributed by atoms with Crippen molar-refractivity contribution in [1.29, 1.82) is 0 Å². The number of methoxy groups -OCH3 is 3. The van der Waals surface area contributed by atoms with E-state index in [-0.39, 0.29) is 34.2 Å². The highest BCUT2D eigenvalue weighted by Crippen LogP contribution is 2.38. The first-order chi connectivity index (χ1) is 14.0. The summed E-state index contributed by atoms with van der Waals surface area (Å²) in [5.41, 5.74) is 0.407. The summed E-state index contributed by atoms with van der Waals surface area (Å²) < 4.78 is 20.8.